The molecular formula is C20H16N2O5. The molecule has 2 aromatic carbocycles. The molecule has 7 nitrogen and oxygen atoms in total. The number of rotatable bonds is 5. The van der Waals surface area contributed by atoms with Crippen LogP contribution >= 0.6 is 0 Å². The zero-order chi connectivity index (χ0) is 18.8. The summed E-state index contributed by atoms with van der Waals surface area (Å²) in [5, 5.41) is 11.1. The first-order valence-corrected chi connectivity index (χ1v) is 8.31. The van der Waals surface area contributed by atoms with Gasteiger partial charge in [-0.15, -0.1) is 0 Å². The van der Waals surface area contributed by atoms with Crippen LogP contribution in [0.15, 0.2) is 54.6 Å². The Morgan fingerprint density at radius 3 is 2.78 bits per heavy atom. The Hall–Kier alpha value is -3.61. The standard InChI is InChI=1S/C20H16N2O5/c1-25-18-8-6-15(9-13-5-7-17-19(10-13)27-12-26-17)21-20(18)14-3-2-4-16(11-14)22(23)24/h2-8,10-11H,9,12H2,1H3. The number of ether oxygens (including phenoxy) is 3. The van der Waals surface area contributed by atoms with Gasteiger partial charge >= 0.3 is 0 Å². The average Bonchev–Trinajstić information content (AvgIpc) is 3.16. The SMILES string of the molecule is COc1ccc(Cc2ccc3c(c2)OCO3)nc1-c1cccc([N+](=O)[O-])c1. The molecule has 0 aliphatic carbocycles. The Bertz CT molecular complexity index is 1020. The first kappa shape index (κ1) is 16.8. The molecule has 1 aliphatic rings. The van der Waals surface area contributed by atoms with Gasteiger partial charge in [0.15, 0.2) is 11.5 Å². The van der Waals surface area contributed by atoms with Crippen LogP contribution in [0, 0.1) is 10.1 Å². The lowest BCUT2D eigenvalue weighted by Crippen LogP contribution is -1.98. The van der Waals surface area contributed by atoms with Gasteiger partial charge in [0.2, 0.25) is 6.79 Å². The molecule has 0 amide bonds. The Morgan fingerprint density at radius 2 is 1.96 bits per heavy atom. The number of nitro benzene ring substituents is 1. The highest BCUT2D eigenvalue weighted by atomic mass is 16.7. The van der Waals surface area contributed by atoms with Crippen LogP contribution < -0.4 is 14.2 Å². The van der Waals surface area contributed by atoms with Crippen molar-refractivity contribution in [2.75, 3.05) is 13.9 Å². The first-order valence-electron chi connectivity index (χ1n) is 8.31. The van der Waals surface area contributed by atoms with Crippen molar-refractivity contribution in [3.8, 4) is 28.5 Å². The van der Waals surface area contributed by atoms with Crippen LogP contribution in [0.2, 0.25) is 0 Å². The summed E-state index contributed by atoms with van der Waals surface area (Å²) in [5.41, 5.74) is 3.06. The van der Waals surface area contributed by atoms with Gasteiger partial charge in [-0.25, -0.2) is 4.98 Å². The fourth-order valence-corrected chi connectivity index (χ4v) is 2.98. The van der Waals surface area contributed by atoms with Crippen molar-refractivity contribution in [1.29, 1.82) is 0 Å². The quantitative estimate of drug-likeness (QED) is 0.503. The summed E-state index contributed by atoms with van der Waals surface area (Å²) < 4.78 is 16.1. The average molecular weight is 364 g/mol. The Balaban J connectivity index is 1.69. The highest BCUT2D eigenvalue weighted by Gasteiger charge is 2.16. The molecule has 0 radical (unpaired) electrons. The Kier molecular flexibility index (Phi) is 4.33. The summed E-state index contributed by atoms with van der Waals surface area (Å²) in [6.07, 6.45) is 0.586. The van der Waals surface area contributed by atoms with E-state index in [0.717, 1.165) is 22.8 Å². The highest BCUT2D eigenvalue weighted by molar-refractivity contribution is 5.68. The van der Waals surface area contributed by atoms with E-state index in [-0.39, 0.29) is 12.5 Å². The molecule has 0 fully saturated rings. The molecule has 136 valence electrons. The fraction of sp³-hybridized carbons (Fsp3) is 0.150. The lowest BCUT2D eigenvalue weighted by atomic mass is 10.1. The lowest BCUT2D eigenvalue weighted by Gasteiger charge is -2.10. The van der Waals surface area contributed by atoms with Crippen molar-refractivity contribution in [1.82, 2.24) is 4.98 Å². The largest absolute Gasteiger partial charge is 0.494 e. The molecule has 0 spiro atoms. The summed E-state index contributed by atoms with van der Waals surface area (Å²) in [7, 11) is 1.55. The maximum absolute atomic E-state index is 11.1. The second-order valence-corrected chi connectivity index (χ2v) is 6.03. The van der Waals surface area contributed by atoms with Crippen LogP contribution in [0.3, 0.4) is 0 Å². The van der Waals surface area contributed by atoms with E-state index in [0.29, 0.717) is 23.4 Å². The van der Waals surface area contributed by atoms with Gasteiger partial charge in [0.25, 0.3) is 5.69 Å². The third kappa shape index (κ3) is 3.39. The van der Waals surface area contributed by atoms with Crippen molar-refractivity contribution in [3.63, 3.8) is 0 Å². The van der Waals surface area contributed by atoms with Crippen molar-refractivity contribution in [2.24, 2.45) is 0 Å². The van der Waals surface area contributed by atoms with Gasteiger partial charge in [-0.05, 0) is 29.8 Å². The third-order valence-electron chi connectivity index (χ3n) is 4.29. The molecule has 7 heteroatoms. The van der Waals surface area contributed by atoms with Crippen LogP contribution in [-0.4, -0.2) is 23.8 Å². The smallest absolute Gasteiger partial charge is 0.270 e. The lowest BCUT2D eigenvalue weighted by molar-refractivity contribution is -0.384. The number of nitro groups is 1. The molecule has 0 N–H and O–H groups in total. The van der Waals surface area contributed by atoms with Gasteiger partial charge in [-0.2, -0.15) is 0 Å². The van der Waals surface area contributed by atoms with E-state index in [2.05, 4.69) is 4.98 Å². The minimum absolute atomic E-state index is 0.0116. The first-order chi connectivity index (χ1) is 13.1. The zero-order valence-electron chi connectivity index (χ0n) is 14.5. The van der Waals surface area contributed by atoms with Crippen LogP contribution in [-0.2, 0) is 6.42 Å². The van der Waals surface area contributed by atoms with Crippen molar-refractivity contribution in [3.05, 3.63) is 76.0 Å². The summed E-state index contributed by atoms with van der Waals surface area (Å²) in [6, 6.07) is 15.8. The number of benzene rings is 2. The molecule has 27 heavy (non-hydrogen) atoms. The molecule has 3 aromatic rings. The minimum Gasteiger partial charge on any atom is -0.494 e. The second-order valence-electron chi connectivity index (χ2n) is 6.03. The Labute approximate surface area is 155 Å². The number of hydrogen-bond acceptors (Lipinski definition) is 6. The molecule has 0 unspecified atom stereocenters. The van der Waals surface area contributed by atoms with E-state index in [1.807, 2.05) is 30.3 Å². The van der Waals surface area contributed by atoms with Crippen LogP contribution in [0.5, 0.6) is 17.2 Å². The number of non-ortho nitro benzene ring substituents is 1. The number of aromatic nitrogens is 1. The topological polar surface area (TPSA) is 83.7 Å². The van der Waals surface area contributed by atoms with E-state index in [1.54, 1.807) is 19.2 Å². The van der Waals surface area contributed by atoms with Gasteiger partial charge in [-0.1, -0.05) is 18.2 Å². The monoisotopic (exact) mass is 364 g/mol. The number of nitrogens with zero attached hydrogens (tertiary/aromatic N) is 2. The van der Waals surface area contributed by atoms with E-state index < -0.39 is 4.92 Å². The van der Waals surface area contributed by atoms with Crippen molar-refractivity contribution < 1.29 is 19.1 Å². The molecule has 0 bridgehead atoms. The number of hydrogen-bond donors (Lipinski definition) is 0. The summed E-state index contributed by atoms with van der Waals surface area (Å²) in [6.45, 7) is 0.233. The maximum Gasteiger partial charge on any atom is 0.270 e. The predicted molar refractivity (Wildman–Crippen MR) is 98.3 cm³/mol. The van der Waals surface area contributed by atoms with Gasteiger partial charge in [0.1, 0.15) is 11.4 Å². The molecule has 1 aromatic heterocycles. The van der Waals surface area contributed by atoms with E-state index >= 15 is 0 Å². The molecule has 0 saturated heterocycles. The molecule has 2 heterocycles. The molecule has 1 aliphatic heterocycles. The van der Waals surface area contributed by atoms with E-state index in [1.165, 1.54) is 12.1 Å². The molecule has 0 atom stereocenters. The third-order valence-corrected chi connectivity index (χ3v) is 4.29. The van der Waals surface area contributed by atoms with E-state index in [4.69, 9.17) is 14.2 Å². The number of fused-ring (bicyclic) bond motifs is 1. The molecule has 0 saturated carbocycles. The van der Waals surface area contributed by atoms with Crippen molar-refractivity contribution >= 4 is 5.69 Å². The van der Waals surface area contributed by atoms with Gasteiger partial charge in [-0.3, -0.25) is 10.1 Å². The Morgan fingerprint density at radius 1 is 1.11 bits per heavy atom. The normalized spacial score (nSPS) is 12.0. The van der Waals surface area contributed by atoms with Crippen molar-refractivity contribution in [2.45, 2.75) is 6.42 Å². The summed E-state index contributed by atoms with van der Waals surface area (Å²) in [4.78, 5) is 15.3. The number of methoxy groups -OCH3 is 1. The van der Waals surface area contributed by atoms with Gasteiger partial charge < -0.3 is 14.2 Å². The molecular weight excluding hydrogens is 348 g/mol. The van der Waals surface area contributed by atoms with Gasteiger partial charge in [0.05, 0.1) is 12.0 Å². The summed E-state index contributed by atoms with van der Waals surface area (Å²) >= 11 is 0. The maximum atomic E-state index is 11.1. The predicted octanol–water partition coefficient (Wildman–Crippen LogP) is 3.98. The second kappa shape index (κ2) is 6.95. The summed E-state index contributed by atoms with van der Waals surface area (Å²) in [5.74, 6) is 2.02. The van der Waals surface area contributed by atoms with Crippen LogP contribution in [0.1, 0.15) is 11.3 Å². The molecule has 4 rings (SSSR count). The number of pyridine rings is 1. The fourth-order valence-electron chi connectivity index (χ4n) is 2.98. The van der Waals surface area contributed by atoms with E-state index in [9.17, 15) is 10.1 Å². The minimum atomic E-state index is -0.424. The highest BCUT2D eigenvalue weighted by Crippen LogP contribution is 2.34. The van der Waals surface area contributed by atoms with Gasteiger partial charge in [0, 0.05) is 29.8 Å². The van der Waals surface area contributed by atoms with Crippen LogP contribution in [0.25, 0.3) is 11.3 Å². The van der Waals surface area contributed by atoms with Crippen LogP contribution in [0.4, 0.5) is 5.69 Å². The zero-order valence-corrected chi connectivity index (χ0v) is 14.5.